The Bertz CT molecular complexity index is 573. The molecule has 1 heterocycles. The lowest BCUT2D eigenvalue weighted by Gasteiger charge is -2.19. The SMILES string of the molecule is COC(=O)[C@@H](Cc1ccc(Br)cc1)NC(=O)[C@@H]1CCC(=O)N1. The molecule has 1 aromatic rings. The quantitative estimate of drug-likeness (QED) is 0.757. The first kappa shape index (κ1) is 16.5. The lowest BCUT2D eigenvalue weighted by Crippen LogP contribution is -2.49. The number of rotatable bonds is 5. The largest absolute Gasteiger partial charge is 0.467 e. The maximum absolute atomic E-state index is 12.1. The molecular formula is C15H17BrN2O4. The number of carbonyl (C=O) groups excluding carboxylic acids is 3. The highest BCUT2D eigenvalue weighted by Gasteiger charge is 2.30. The third-order valence-electron chi connectivity index (χ3n) is 3.47. The Kier molecular flexibility index (Phi) is 5.54. The van der Waals surface area contributed by atoms with Gasteiger partial charge in [-0.25, -0.2) is 4.79 Å². The third kappa shape index (κ3) is 4.30. The van der Waals surface area contributed by atoms with E-state index in [0.717, 1.165) is 10.0 Å². The van der Waals surface area contributed by atoms with Gasteiger partial charge in [-0.2, -0.15) is 0 Å². The molecule has 2 amide bonds. The van der Waals surface area contributed by atoms with Crippen LogP contribution in [0, 0.1) is 0 Å². The summed E-state index contributed by atoms with van der Waals surface area (Å²) < 4.78 is 5.68. The summed E-state index contributed by atoms with van der Waals surface area (Å²) in [4.78, 5) is 35.2. The normalized spacial score (nSPS) is 18.5. The van der Waals surface area contributed by atoms with Crippen LogP contribution >= 0.6 is 15.9 Å². The molecule has 1 aliphatic heterocycles. The van der Waals surface area contributed by atoms with Gasteiger partial charge in [-0.1, -0.05) is 28.1 Å². The number of amides is 2. The molecule has 118 valence electrons. The van der Waals surface area contributed by atoms with Gasteiger partial charge in [0.05, 0.1) is 7.11 Å². The predicted molar refractivity (Wildman–Crippen MR) is 83.0 cm³/mol. The first-order valence-electron chi connectivity index (χ1n) is 6.91. The standard InChI is InChI=1S/C15H17BrN2O4/c1-22-15(21)12(8-9-2-4-10(16)5-3-9)18-14(20)11-6-7-13(19)17-11/h2-5,11-12H,6-8H2,1H3,(H,17,19)(H,18,20)/t11-,12+/m0/s1. The molecule has 0 bridgehead atoms. The van der Waals surface area contributed by atoms with Crippen molar-refractivity contribution < 1.29 is 19.1 Å². The van der Waals surface area contributed by atoms with Crippen molar-refractivity contribution in [3.8, 4) is 0 Å². The minimum Gasteiger partial charge on any atom is -0.467 e. The monoisotopic (exact) mass is 368 g/mol. The minimum absolute atomic E-state index is 0.150. The number of nitrogens with one attached hydrogen (secondary N) is 2. The molecule has 2 atom stereocenters. The zero-order valence-corrected chi connectivity index (χ0v) is 13.7. The maximum atomic E-state index is 12.1. The van der Waals surface area contributed by atoms with Crippen LogP contribution in [0.15, 0.2) is 28.7 Å². The van der Waals surface area contributed by atoms with Gasteiger partial charge in [0.25, 0.3) is 0 Å². The van der Waals surface area contributed by atoms with E-state index in [9.17, 15) is 14.4 Å². The van der Waals surface area contributed by atoms with E-state index in [1.807, 2.05) is 24.3 Å². The van der Waals surface area contributed by atoms with Gasteiger partial charge < -0.3 is 15.4 Å². The third-order valence-corrected chi connectivity index (χ3v) is 4.00. The highest BCUT2D eigenvalue weighted by Crippen LogP contribution is 2.13. The van der Waals surface area contributed by atoms with Crippen LogP contribution in [0.25, 0.3) is 0 Å². The van der Waals surface area contributed by atoms with Crippen LogP contribution in [-0.4, -0.2) is 37.0 Å². The summed E-state index contributed by atoms with van der Waals surface area (Å²) in [5, 5.41) is 5.23. The molecule has 7 heteroatoms. The van der Waals surface area contributed by atoms with E-state index in [0.29, 0.717) is 19.3 Å². The fourth-order valence-electron chi connectivity index (χ4n) is 2.27. The fraction of sp³-hybridized carbons (Fsp3) is 0.400. The van der Waals surface area contributed by atoms with Crippen LogP contribution in [0.4, 0.5) is 0 Å². The number of benzene rings is 1. The lowest BCUT2D eigenvalue weighted by atomic mass is 10.1. The van der Waals surface area contributed by atoms with Crippen molar-refractivity contribution in [2.75, 3.05) is 7.11 Å². The predicted octanol–water partition coefficient (Wildman–Crippen LogP) is 0.928. The van der Waals surface area contributed by atoms with Crippen molar-refractivity contribution >= 4 is 33.7 Å². The van der Waals surface area contributed by atoms with Crippen LogP contribution in [0.2, 0.25) is 0 Å². The fourth-order valence-corrected chi connectivity index (χ4v) is 2.54. The van der Waals surface area contributed by atoms with E-state index in [1.54, 1.807) is 0 Å². The first-order valence-corrected chi connectivity index (χ1v) is 7.71. The van der Waals surface area contributed by atoms with E-state index in [2.05, 4.69) is 26.6 Å². The molecule has 1 aliphatic rings. The second kappa shape index (κ2) is 7.40. The van der Waals surface area contributed by atoms with Crippen molar-refractivity contribution in [1.82, 2.24) is 10.6 Å². The summed E-state index contributed by atoms with van der Waals surface area (Å²) in [6.45, 7) is 0. The number of ether oxygens (including phenoxy) is 1. The highest BCUT2D eigenvalue weighted by atomic mass is 79.9. The van der Waals surface area contributed by atoms with Crippen molar-refractivity contribution in [3.05, 3.63) is 34.3 Å². The second-order valence-electron chi connectivity index (χ2n) is 5.07. The molecule has 0 spiro atoms. The Morgan fingerprint density at radius 3 is 2.64 bits per heavy atom. The Hall–Kier alpha value is -1.89. The van der Waals surface area contributed by atoms with Gasteiger partial charge in [0, 0.05) is 17.3 Å². The molecule has 2 N–H and O–H groups in total. The summed E-state index contributed by atoms with van der Waals surface area (Å²) in [6.07, 6.45) is 1.09. The van der Waals surface area contributed by atoms with Crippen LogP contribution in [0.5, 0.6) is 0 Å². The molecule has 0 unspecified atom stereocenters. The maximum Gasteiger partial charge on any atom is 0.328 e. The second-order valence-corrected chi connectivity index (χ2v) is 5.99. The zero-order valence-electron chi connectivity index (χ0n) is 12.1. The Labute approximate surface area is 136 Å². The number of hydrogen-bond donors (Lipinski definition) is 2. The van der Waals surface area contributed by atoms with Gasteiger partial charge >= 0.3 is 5.97 Å². The van der Waals surface area contributed by atoms with Crippen LogP contribution in [0.3, 0.4) is 0 Å². The highest BCUT2D eigenvalue weighted by molar-refractivity contribution is 9.10. The minimum atomic E-state index is -0.781. The summed E-state index contributed by atoms with van der Waals surface area (Å²) in [5.74, 6) is -1.03. The number of methoxy groups -OCH3 is 1. The molecular weight excluding hydrogens is 352 g/mol. The van der Waals surface area contributed by atoms with Gasteiger partial charge in [-0.15, -0.1) is 0 Å². The van der Waals surface area contributed by atoms with Gasteiger partial charge in [0.1, 0.15) is 12.1 Å². The molecule has 6 nitrogen and oxygen atoms in total. The Morgan fingerprint density at radius 2 is 2.09 bits per heavy atom. The molecule has 2 rings (SSSR count). The molecule has 0 radical (unpaired) electrons. The van der Waals surface area contributed by atoms with Crippen molar-refractivity contribution in [2.45, 2.75) is 31.3 Å². The summed E-state index contributed by atoms with van der Waals surface area (Å²) in [7, 11) is 1.28. The van der Waals surface area contributed by atoms with Gasteiger partial charge in [0.15, 0.2) is 0 Å². The molecule has 22 heavy (non-hydrogen) atoms. The number of esters is 1. The van der Waals surface area contributed by atoms with E-state index >= 15 is 0 Å². The average molecular weight is 369 g/mol. The molecule has 1 aromatic carbocycles. The van der Waals surface area contributed by atoms with Crippen molar-refractivity contribution in [2.24, 2.45) is 0 Å². The molecule has 0 aliphatic carbocycles. The summed E-state index contributed by atoms with van der Waals surface area (Å²) in [5.41, 5.74) is 0.898. The van der Waals surface area contributed by atoms with Crippen LogP contribution < -0.4 is 10.6 Å². The summed E-state index contributed by atoms with van der Waals surface area (Å²) >= 11 is 3.34. The molecule has 0 saturated carbocycles. The van der Waals surface area contributed by atoms with E-state index in [1.165, 1.54) is 7.11 Å². The van der Waals surface area contributed by atoms with Crippen LogP contribution in [0.1, 0.15) is 18.4 Å². The van der Waals surface area contributed by atoms with Gasteiger partial charge in [0.2, 0.25) is 11.8 Å². The average Bonchev–Trinajstić information content (AvgIpc) is 2.94. The van der Waals surface area contributed by atoms with E-state index in [-0.39, 0.29) is 11.8 Å². The zero-order chi connectivity index (χ0) is 16.1. The summed E-state index contributed by atoms with van der Waals surface area (Å²) in [6, 6.07) is 6.10. The molecule has 1 fully saturated rings. The van der Waals surface area contributed by atoms with Gasteiger partial charge in [-0.3, -0.25) is 9.59 Å². The number of halogens is 1. The first-order chi connectivity index (χ1) is 10.5. The lowest BCUT2D eigenvalue weighted by molar-refractivity contribution is -0.145. The Morgan fingerprint density at radius 1 is 1.41 bits per heavy atom. The number of carbonyl (C=O) groups is 3. The van der Waals surface area contributed by atoms with Gasteiger partial charge in [-0.05, 0) is 24.1 Å². The van der Waals surface area contributed by atoms with Crippen molar-refractivity contribution in [1.29, 1.82) is 0 Å². The molecule has 1 saturated heterocycles. The smallest absolute Gasteiger partial charge is 0.328 e. The van der Waals surface area contributed by atoms with Crippen LogP contribution in [-0.2, 0) is 25.5 Å². The van der Waals surface area contributed by atoms with E-state index < -0.39 is 18.1 Å². The van der Waals surface area contributed by atoms with Crippen molar-refractivity contribution in [3.63, 3.8) is 0 Å². The number of hydrogen-bond acceptors (Lipinski definition) is 4. The molecule has 0 aromatic heterocycles. The topological polar surface area (TPSA) is 84.5 Å². The van der Waals surface area contributed by atoms with E-state index in [4.69, 9.17) is 4.74 Å². The Balaban J connectivity index is 2.02.